The Hall–Kier alpha value is -3.10. The number of para-hydroxylation sites is 1. The zero-order chi connectivity index (χ0) is 24.7. The molecule has 7 nitrogen and oxygen atoms in total. The summed E-state index contributed by atoms with van der Waals surface area (Å²) < 4.78 is 19.0. The lowest BCUT2D eigenvalue weighted by Crippen LogP contribution is -2.39. The van der Waals surface area contributed by atoms with Crippen molar-refractivity contribution in [3.05, 3.63) is 54.3 Å². The van der Waals surface area contributed by atoms with Gasteiger partial charge >= 0.3 is 0 Å². The van der Waals surface area contributed by atoms with Gasteiger partial charge in [-0.2, -0.15) is 0 Å². The van der Waals surface area contributed by atoms with Gasteiger partial charge in [-0.05, 0) is 55.7 Å². The van der Waals surface area contributed by atoms with E-state index < -0.39 is 0 Å². The zero-order valence-electron chi connectivity index (χ0n) is 20.7. The topological polar surface area (TPSA) is 61.8 Å². The summed E-state index contributed by atoms with van der Waals surface area (Å²) in [5, 5.41) is 0.961. The zero-order valence-corrected chi connectivity index (χ0v) is 20.7. The van der Waals surface area contributed by atoms with Crippen molar-refractivity contribution in [3.63, 3.8) is 0 Å². The van der Waals surface area contributed by atoms with Crippen LogP contribution in [-0.4, -0.2) is 84.7 Å². The summed E-state index contributed by atoms with van der Waals surface area (Å²) in [6, 6.07) is 14.3. The van der Waals surface area contributed by atoms with Crippen LogP contribution in [0.25, 0.3) is 22.3 Å². The van der Waals surface area contributed by atoms with Crippen molar-refractivity contribution in [2.75, 3.05) is 63.9 Å². The molecule has 1 aromatic heterocycles. The Bertz CT molecular complexity index is 1160. The van der Waals surface area contributed by atoms with E-state index in [0.717, 1.165) is 94.0 Å². The number of benzene rings is 2. The second kappa shape index (κ2) is 11.8. The highest BCUT2D eigenvalue weighted by atomic mass is 19.1. The van der Waals surface area contributed by atoms with E-state index in [9.17, 15) is 9.18 Å². The van der Waals surface area contributed by atoms with Gasteiger partial charge in [0.2, 0.25) is 5.91 Å². The molecule has 5 rings (SSSR count). The van der Waals surface area contributed by atoms with Crippen molar-refractivity contribution in [1.82, 2.24) is 19.8 Å². The van der Waals surface area contributed by atoms with Crippen LogP contribution in [0.4, 0.5) is 10.2 Å². The average Bonchev–Trinajstić information content (AvgIpc) is 3.46. The van der Waals surface area contributed by atoms with Gasteiger partial charge in [-0.15, -0.1) is 0 Å². The Morgan fingerprint density at radius 1 is 0.944 bits per heavy atom. The first kappa shape index (κ1) is 24.6. The highest BCUT2D eigenvalue weighted by molar-refractivity contribution is 5.91. The molecule has 2 saturated heterocycles. The maximum atomic E-state index is 13.6. The maximum Gasteiger partial charge on any atom is 0.224 e. The van der Waals surface area contributed by atoms with E-state index in [0.29, 0.717) is 18.8 Å². The first-order valence-electron chi connectivity index (χ1n) is 13.0. The molecule has 190 valence electrons. The van der Waals surface area contributed by atoms with E-state index in [1.165, 1.54) is 12.1 Å². The minimum atomic E-state index is -0.287. The van der Waals surface area contributed by atoms with Crippen molar-refractivity contribution in [1.29, 1.82) is 0 Å². The standard InChI is InChI=1S/C28H34FN5O2/c29-23-10-8-22(9-11-23)27-30-25-7-2-1-6-24(25)28(31-27)34(16-5-13-32-18-20-36-21-19-32)17-12-26(35)33-14-3-4-15-33/h1-2,6-11H,3-5,12-21H2. The molecular weight excluding hydrogens is 457 g/mol. The van der Waals surface area contributed by atoms with Crippen LogP contribution in [0.15, 0.2) is 48.5 Å². The summed E-state index contributed by atoms with van der Waals surface area (Å²) in [4.78, 5) is 29.3. The molecule has 0 N–H and O–H groups in total. The molecule has 36 heavy (non-hydrogen) atoms. The maximum absolute atomic E-state index is 13.6. The molecule has 2 aliphatic rings. The van der Waals surface area contributed by atoms with Gasteiger partial charge in [0.1, 0.15) is 11.6 Å². The lowest BCUT2D eigenvalue weighted by Gasteiger charge is -2.29. The summed E-state index contributed by atoms with van der Waals surface area (Å²) in [5.41, 5.74) is 1.61. The third-order valence-electron chi connectivity index (χ3n) is 7.05. The summed E-state index contributed by atoms with van der Waals surface area (Å²) in [6.07, 6.45) is 3.60. The molecule has 0 unspecified atom stereocenters. The van der Waals surface area contributed by atoms with Crippen LogP contribution in [0.3, 0.4) is 0 Å². The van der Waals surface area contributed by atoms with Crippen LogP contribution >= 0.6 is 0 Å². The summed E-state index contributed by atoms with van der Waals surface area (Å²) in [7, 11) is 0. The van der Waals surface area contributed by atoms with Crippen LogP contribution in [-0.2, 0) is 9.53 Å². The SMILES string of the molecule is O=C(CCN(CCCN1CCOCC1)c1nc(-c2ccc(F)cc2)nc2ccccc12)N1CCCC1. The van der Waals surface area contributed by atoms with Gasteiger partial charge in [-0.1, -0.05) is 12.1 Å². The van der Waals surface area contributed by atoms with E-state index in [4.69, 9.17) is 14.7 Å². The average molecular weight is 492 g/mol. The fourth-order valence-electron chi connectivity index (χ4n) is 5.02. The number of aromatic nitrogens is 2. The van der Waals surface area contributed by atoms with Crippen LogP contribution in [0.1, 0.15) is 25.7 Å². The second-order valence-corrected chi connectivity index (χ2v) is 9.53. The molecule has 3 aromatic rings. The van der Waals surface area contributed by atoms with Crippen molar-refractivity contribution >= 4 is 22.6 Å². The van der Waals surface area contributed by atoms with Crippen LogP contribution in [0.2, 0.25) is 0 Å². The molecule has 8 heteroatoms. The number of amides is 1. The van der Waals surface area contributed by atoms with Crippen LogP contribution in [0.5, 0.6) is 0 Å². The molecule has 3 heterocycles. The monoisotopic (exact) mass is 491 g/mol. The number of ether oxygens (including phenoxy) is 1. The Kier molecular flexibility index (Phi) is 8.03. The second-order valence-electron chi connectivity index (χ2n) is 9.53. The number of nitrogens with zero attached hydrogens (tertiary/aromatic N) is 5. The van der Waals surface area contributed by atoms with Gasteiger partial charge < -0.3 is 14.5 Å². The number of hydrogen-bond donors (Lipinski definition) is 0. The fourth-order valence-corrected chi connectivity index (χ4v) is 5.02. The van der Waals surface area contributed by atoms with Gasteiger partial charge in [-0.3, -0.25) is 9.69 Å². The molecule has 0 radical (unpaired) electrons. The van der Waals surface area contributed by atoms with Gasteiger partial charge in [-0.25, -0.2) is 14.4 Å². The molecule has 2 aliphatic heterocycles. The van der Waals surface area contributed by atoms with Crippen LogP contribution in [0, 0.1) is 5.82 Å². The largest absolute Gasteiger partial charge is 0.379 e. The highest BCUT2D eigenvalue weighted by Crippen LogP contribution is 2.28. The number of rotatable bonds is 9. The van der Waals surface area contributed by atoms with E-state index in [2.05, 4.69) is 9.80 Å². The first-order chi connectivity index (χ1) is 17.7. The number of carbonyl (C=O) groups excluding carboxylic acids is 1. The molecular formula is C28H34FN5O2. The fraction of sp³-hybridized carbons (Fsp3) is 0.464. The van der Waals surface area contributed by atoms with E-state index in [1.807, 2.05) is 29.2 Å². The molecule has 0 bridgehead atoms. The van der Waals surface area contributed by atoms with E-state index >= 15 is 0 Å². The van der Waals surface area contributed by atoms with Crippen LogP contribution < -0.4 is 4.90 Å². The minimum absolute atomic E-state index is 0.211. The van der Waals surface area contributed by atoms with Crippen molar-refractivity contribution in [2.24, 2.45) is 0 Å². The third kappa shape index (κ3) is 5.99. The molecule has 1 amide bonds. The van der Waals surface area contributed by atoms with Crippen molar-refractivity contribution < 1.29 is 13.9 Å². The predicted molar refractivity (Wildman–Crippen MR) is 139 cm³/mol. The normalized spacial score (nSPS) is 16.5. The number of carbonyl (C=O) groups is 1. The number of likely N-dealkylation sites (tertiary alicyclic amines) is 1. The summed E-state index contributed by atoms with van der Waals surface area (Å²) >= 11 is 0. The number of fused-ring (bicyclic) bond motifs is 1. The van der Waals surface area contributed by atoms with Gasteiger partial charge in [0, 0.05) is 63.2 Å². The van der Waals surface area contributed by atoms with Gasteiger partial charge in [0.25, 0.3) is 0 Å². The molecule has 2 fully saturated rings. The van der Waals surface area contributed by atoms with Crippen molar-refractivity contribution in [2.45, 2.75) is 25.7 Å². The minimum Gasteiger partial charge on any atom is -0.379 e. The quantitative estimate of drug-likeness (QED) is 0.451. The van der Waals surface area contributed by atoms with Gasteiger partial charge in [0.05, 0.1) is 18.7 Å². The number of anilines is 1. The van der Waals surface area contributed by atoms with Crippen molar-refractivity contribution in [3.8, 4) is 11.4 Å². The lowest BCUT2D eigenvalue weighted by molar-refractivity contribution is -0.129. The molecule has 0 saturated carbocycles. The number of hydrogen-bond acceptors (Lipinski definition) is 6. The predicted octanol–water partition coefficient (Wildman–Crippen LogP) is 3.98. The van der Waals surface area contributed by atoms with E-state index in [1.54, 1.807) is 12.1 Å². The molecule has 0 atom stereocenters. The summed E-state index contributed by atoms with van der Waals surface area (Å²) in [5.74, 6) is 1.32. The van der Waals surface area contributed by atoms with E-state index in [-0.39, 0.29) is 11.7 Å². The van der Waals surface area contributed by atoms with Gasteiger partial charge in [0.15, 0.2) is 5.82 Å². The Balaban J connectivity index is 1.42. The third-order valence-corrected chi connectivity index (χ3v) is 7.05. The highest BCUT2D eigenvalue weighted by Gasteiger charge is 2.21. The smallest absolute Gasteiger partial charge is 0.224 e. The molecule has 0 spiro atoms. The Labute approximate surface area is 211 Å². The Morgan fingerprint density at radius 2 is 1.69 bits per heavy atom. The first-order valence-corrected chi connectivity index (χ1v) is 13.0. The molecule has 0 aliphatic carbocycles. The lowest BCUT2D eigenvalue weighted by atomic mass is 10.1. The number of morpholine rings is 1. The molecule has 2 aromatic carbocycles. The number of halogens is 1. The Morgan fingerprint density at radius 3 is 2.47 bits per heavy atom. The summed E-state index contributed by atoms with van der Waals surface area (Å²) in [6.45, 7) is 7.57.